The Hall–Kier alpha value is -3.38. The summed E-state index contributed by atoms with van der Waals surface area (Å²) in [5.41, 5.74) is 0.738. The van der Waals surface area contributed by atoms with Crippen molar-refractivity contribution in [2.75, 3.05) is 19.0 Å². The Kier molecular flexibility index (Phi) is 7.33. The first-order chi connectivity index (χ1) is 13.8. The van der Waals surface area contributed by atoms with E-state index in [9.17, 15) is 20.2 Å². The first-order valence-corrected chi connectivity index (χ1v) is 9.28. The lowest BCUT2D eigenvalue weighted by atomic mass is 10.1. The van der Waals surface area contributed by atoms with Gasteiger partial charge in [0.05, 0.1) is 23.1 Å². The van der Waals surface area contributed by atoms with Gasteiger partial charge in [0.25, 0.3) is 11.6 Å². The number of nitrogens with zero attached hydrogens (tertiary/aromatic N) is 2. The van der Waals surface area contributed by atoms with Crippen molar-refractivity contribution in [2.45, 2.75) is 13.8 Å². The number of anilines is 1. The van der Waals surface area contributed by atoms with E-state index in [1.165, 1.54) is 25.3 Å². The molecule has 0 unspecified atom stereocenters. The van der Waals surface area contributed by atoms with E-state index in [2.05, 4.69) is 21.2 Å². The summed E-state index contributed by atoms with van der Waals surface area (Å²) in [7, 11) is 1.50. The molecular formula is C20H18BrN3O5. The molecule has 29 heavy (non-hydrogen) atoms. The molecule has 2 aromatic carbocycles. The minimum Gasteiger partial charge on any atom is -0.492 e. The summed E-state index contributed by atoms with van der Waals surface area (Å²) in [5, 5.41) is 23.1. The molecule has 0 fully saturated rings. The highest BCUT2D eigenvalue weighted by Gasteiger charge is 2.19. The van der Waals surface area contributed by atoms with Crippen LogP contribution >= 0.6 is 15.9 Å². The molecule has 1 N–H and O–H groups in total. The van der Waals surface area contributed by atoms with E-state index in [-0.39, 0.29) is 16.9 Å². The predicted molar refractivity (Wildman–Crippen MR) is 112 cm³/mol. The molecule has 2 rings (SSSR count). The molecule has 0 bridgehead atoms. The number of nitriles is 1. The van der Waals surface area contributed by atoms with Crippen molar-refractivity contribution >= 4 is 39.3 Å². The first kappa shape index (κ1) is 21.9. The maximum absolute atomic E-state index is 12.5. The quantitative estimate of drug-likeness (QED) is 0.279. The summed E-state index contributed by atoms with van der Waals surface area (Å²) >= 11 is 3.37. The molecule has 150 valence electrons. The van der Waals surface area contributed by atoms with Crippen molar-refractivity contribution in [3.8, 4) is 17.6 Å². The number of carbonyl (C=O) groups is 1. The van der Waals surface area contributed by atoms with E-state index in [1.807, 2.05) is 13.0 Å². The van der Waals surface area contributed by atoms with Crippen molar-refractivity contribution in [1.82, 2.24) is 0 Å². The number of nitrogens with one attached hydrogen (secondary N) is 1. The molecule has 0 spiro atoms. The Morgan fingerprint density at radius 1 is 1.38 bits per heavy atom. The largest absolute Gasteiger partial charge is 0.492 e. The average molecular weight is 460 g/mol. The Balaban J connectivity index is 2.39. The molecular weight excluding hydrogens is 442 g/mol. The highest BCUT2D eigenvalue weighted by molar-refractivity contribution is 9.10. The van der Waals surface area contributed by atoms with Crippen LogP contribution in [0.4, 0.5) is 11.4 Å². The van der Waals surface area contributed by atoms with Crippen molar-refractivity contribution < 1.29 is 19.2 Å². The molecule has 0 aliphatic rings. The fourth-order valence-electron chi connectivity index (χ4n) is 2.54. The van der Waals surface area contributed by atoms with Crippen LogP contribution < -0.4 is 14.8 Å². The summed E-state index contributed by atoms with van der Waals surface area (Å²) in [5.74, 6) is 0.175. The van der Waals surface area contributed by atoms with Gasteiger partial charge in [-0.2, -0.15) is 5.26 Å². The average Bonchev–Trinajstić information content (AvgIpc) is 2.67. The van der Waals surface area contributed by atoms with Crippen molar-refractivity contribution in [3.63, 3.8) is 0 Å². The normalized spacial score (nSPS) is 10.8. The SMILES string of the molecule is CCOc1cc(/C=C(\C#N)C(=O)Nc2ccc(C)cc2[N+](=O)[O-])cc(Br)c1OC. The first-order valence-electron chi connectivity index (χ1n) is 8.49. The van der Waals surface area contributed by atoms with Crippen LogP contribution in [0.25, 0.3) is 6.08 Å². The van der Waals surface area contributed by atoms with Crippen LogP contribution in [0.3, 0.4) is 0 Å². The Labute approximate surface area is 176 Å². The third-order valence-corrected chi connectivity index (χ3v) is 4.40. The van der Waals surface area contributed by atoms with Gasteiger partial charge in [-0.25, -0.2) is 0 Å². The fraction of sp³-hybridized carbons (Fsp3) is 0.200. The molecule has 0 heterocycles. The van der Waals surface area contributed by atoms with Gasteiger partial charge in [-0.1, -0.05) is 6.07 Å². The summed E-state index contributed by atoms with van der Waals surface area (Å²) in [6.07, 6.45) is 1.36. The summed E-state index contributed by atoms with van der Waals surface area (Å²) in [6.45, 7) is 3.92. The monoisotopic (exact) mass is 459 g/mol. The molecule has 0 radical (unpaired) electrons. The van der Waals surface area contributed by atoms with Gasteiger partial charge in [0, 0.05) is 6.07 Å². The lowest BCUT2D eigenvalue weighted by Crippen LogP contribution is -2.14. The van der Waals surface area contributed by atoms with Crippen LogP contribution in [0.1, 0.15) is 18.1 Å². The van der Waals surface area contributed by atoms with Crippen LogP contribution in [-0.2, 0) is 4.79 Å². The Morgan fingerprint density at radius 2 is 2.10 bits per heavy atom. The maximum atomic E-state index is 12.5. The molecule has 0 saturated heterocycles. The second-order valence-electron chi connectivity index (χ2n) is 5.87. The molecule has 9 heteroatoms. The third kappa shape index (κ3) is 5.33. The van der Waals surface area contributed by atoms with Crippen molar-refractivity contribution in [2.24, 2.45) is 0 Å². The molecule has 2 aromatic rings. The standard InChI is InChI=1S/C20H18BrN3O5/c1-4-29-18-10-13(9-15(21)19(18)28-3)8-14(11-22)20(25)23-16-6-5-12(2)7-17(16)24(26)27/h5-10H,4H2,1-3H3,(H,23,25)/b14-8+. The molecule has 0 aliphatic carbocycles. The third-order valence-electron chi connectivity index (χ3n) is 3.81. The lowest BCUT2D eigenvalue weighted by molar-refractivity contribution is -0.384. The van der Waals surface area contributed by atoms with Gasteiger partial charge in [-0.3, -0.25) is 14.9 Å². The van der Waals surface area contributed by atoms with E-state index >= 15 is 0 Å². The van der Waals surface area contributed by atoms with E-state index in [1.54, 1.807) is 25.1 Å². The van der Waals surface area contributed by atoms with E-state index in [4.69, 9.17) is 9.47 Å². The highest BCUT2D eigenvalue weighted by Crippen LogP contribution is 2.37. The summed E-state index contributed by atoms with van der Waals surface area (Å²) in [6, 6.07) is 9.53. The summed E-state index contributed by atoms with van der Waals surface area (Å²) < 4.78 is 11.4. The zero-order chi connectivity index (χ0) is 21.6. The molecule has 1 amide bonds. The molecule has 0 saturated carbocycles. The number of hydrogen-bond acceptors (Lipinski definition) is 6. The highest BCUT2D eigenvalue weighted by atomic mass is 79.9. The van der Waals surface area contributed by atoms with E-state index in [0.29, 0.717) is 33.7 Å². The number of nitro benzene ring substituents is 1. The smallest absolute Gasteiger partial charge is 0.293 e. The Bertz CT molecular complexity index is 1030. The molecule has 0 aliphatic heterocycles. The zero-order valence-electron chi connectivity index (χ0n) is 16.0. The van der Waals surface area contributed by atoms with Crippen LogP contribution in [0, 0.1) is 28.4 Å². The maximum Gasteiger partial charge on any atom is 0.293 e. The number of carbonyl (C=O) groups excluding carboxylic acids is 1. The number of halogens is 1. The number of benzene rings is 2. The predicted octanol–water partition coefficient (Wildman–Crippen LogP) is 4.62. The van der Waals surface area contributed by atoms with Gasteiger partial charge in [-0.05, 0) is 65.2 Å². The molecule has 0 aromatic heterocycles. The van der Waals surface area contributed by atoms with Crippen molar-refractivity contribution in [3.05, 3.63) is 61.6 Å². The van der Waals surface area contributed by atoms with Gasteiger partial charge in [0.15, 0.2) is 11.5 Å². The second-order valence-corrected chi connectivity index (χ2v) is 6.72. The number of aryl methyl sites for hydroxylation is 1. The number of ether oxygens (including phenoxy) is 2. The topological polar surface area (TPSA) is 114 Å². The van der Waals surface area contributed by atoms with Gasteiger partial charge < -0.3 is 14.8 Å². The fourth-order valence-corrected chi connectivity index (χ4v) is 3.16. The number of amides is 1. The van der Waals surface area contributed by atoms with Crippen LogP contribution in [0.15, 0.2) is 40.4 Å². The van der Waals surface area contributed by atoms with Gasteiger partial charge in [-0.15, -0.1) is 0 Å². The number of nitro groups is 1. The lowest BCUT2D eigenvalue weighted by Gasteiger charge is -2.12. The molecule has 8 nitrogen and oxygen atoms in total. The summed E-state index contributed by atoms with van der Waals surface area (Å²) in [4.78, 5) is 23.2. The van der Waals surface area contributed by atoms with Crippen LogP contribution in [0.2, 0.25) is 0 Å². The van der Waals surface area contributed by atoms with Crippen LogP contribution in [-0.4, -0.2) is 24.5 Å². The van der Waals surface area contributed by atoms with Gasteiger partial charge in [0.1, 0.15) is 17.3 Å². The second kappa shape index (κ2) is 9.71. The minimum atomic E-state index is -0.760. The van der Waals surface area contributed by atoms with E-state index < -0.39 is 10.8 Å². The molecule has 0 atom stereocenters. The Morgan fingerprint density at radius 3 is 2.69 bits per heavy atom. The van der Waals surface area contributed by atoms with Gasteiger partial charge in [0.2, 0.25) is 0 Å². The van der Waals surface area contributed by atoms with Crippen molar-refractivity contribution in [1.29, 1.82) is 5.26 Å². The van der Waals surface area contributed by atoms with Gasteiger partial charge >= 0.3 is 0 Å². The minimum absolute atomic E-state index is 0.0117. The number of methoxy groups -OCH3 is 1. The van der Waals surface area contributed by atoms with E-state index in [0.717, 1.165) is 0 Å². The zero-order valence-corrected chi connectivity index (χ0v) is 17.6. The number of hydrogen-bond donors (Lipinski definition) is 1. The number of rotatable bonds is 7. The van der Waals surface area contributed by atoms with Crippen LogP contribution in [0.5, 0.6) is 11.5 Å².